The first-order valence-electron chi connectivity index (χ1n) is 11.3. The highest BCUT2D eigenvalue weighted by Crippen LogP contribution is 2.23. The van der Waals surface area contributed by atoms with Gasteiger partial charge in [-0.25, -0.2) is 0 Å². The normalized spacial score (nSPS) is 19.4. The van der Waals surface area contributed by atoms with Crippen molar-refractivity contribution in [3.8, 4) is 0 Å². The van der Waals surface area contributed by atoms with Crippen LogP contribution in [0, 0.1) is 12.8 Å². The summed E-state index contributed by atoms with van der Waals surface area (Å²) in [7, 11) is 0. The van der Waals surface area contributed by atoms with Crippen molar-refractivity contribution in [2.75, 3.05) is 18.4 Å². The molecule has 3 amide bonds. The van der Waals surface area contributed by atoms with Crippen LogP contribution in [-0.2, 0) is 4.79 Å². The molecular formula is C23H29N5O3S. The van der Waals surface area contributed by atoms with E-state index < -0.39 is 5.91 Å². The fourth-order valence-corrected chi connectivity index (χ4v) is 5.01. The first-order valence-corrected chi connectivity index (χ1v) is 12.1. The number of hydrogen-bond acceptors (Lipinski definition) is 6. The molecule has 0 radical (unpaired) electrons. The molecule has 2 fully saturated rings. The number of carbonyl (C=O) groups is 3. The zero-order valence-corrected chi connectivity index (χ0v) is 19.1. The topological polar surface area (TPSA) is 104 Å². The molecule has 1 aromatic heterocycles. The average Bonchev–Trinajstić information content (AvgIpc) is 3.31. The Labute approximate surface area is 191 Å². The minimum atomic E-state index is -0.395. The van der Waals surface area contributed by atoms with Crippen molar-refractivity contribution in [3.63, 3.8) is 0 Å². The van der Waals surface area contributed by atoms with Gasteiger partial charge in [0.1, 0.15) is 0 Å². The van der Waals surface area contributed by atoms with E-state index in [0.717, 1.165) is 55.4 Å². The van der Waals surface area contributed by atoms with Crippen LogP contribution in [0.25, 0.3) is 0 Å². The molecule has 0 bridgehead atoms. The molecule has 1 aliphatic carbocycles. The van der Waals surface area contributed by atoms with Gasteiger partial charge in [0.15, 0.2) is 0 Å². The number of amides is 3. The molecule has 9 heteroatoms. The van der Waals surface area contributed by atoms with Crippen LogP contribution in [0.15, 0.2) is 24.3 Å². The predicted octanol–water partition coefficient (Wildman–Crippen LogP) is 3.40. The van der Waals surface area contributed by atoms with Crippen molar-refractivity contribution in [1.29, 1.82) is 0 Å². The van der Waals surface area contributed by atoms with E-state index in [-0.39, 0.29) is 33.8 Å². The summed E-state index contributed by atoms with van der Waals surface area (Å²) in [4.78, 5) is 39.8. The number of aromatic nitrogens is 2. The minimum absolute atomic E-state index is 0.0461. The van der Waals surface area contributed by atoms with E-state index in [2.05, 4.69) is 20.8 Å². The van der Waals surface area contributed by atoms with Crippen LogP contribution in [0.4, 0.5) is 5.69 Å². The monoisotopic (exact) mass is 455 g/mol. The smallest absolute Gasteiger partial charge is 0.286 e. The highest BCUT2D eigenvalue weighted by Gasteiger charge is 2.32. The molecule has 0 spiro atoms. The molecule has 1 atom stereocenters. The van der Waals surface area contributed by atoms with Gasteiger partial charge < -0.3 is 15.5 Å². The van der Waals surface area contributed by atoms with Crippen molar-refractivity contribution in [2.24, 2.45) is 5.92 Å². The Bertz CT molecular complexity index is 968. The lowest BCUT2D eigenvalue weighted by atomic mass is 9.93. The molecule has 2 aromatic rings. The van der Waals surface area contributed by atoms with Crippen LogP contribution in [0.3, 0.4) is 0 Å². The second kappa shape index (κ2) is 10.2. The summed E-state index contributed by atoms with van der Waals surface area (Å²) in [6.45, 7) is 2.93. The van der Waals surface area contributed by atoms with E-state index in [1.807, 2.05) is 31.2 Å². The zero-order valence-electron chi connectivity index (χ0n) is 18.3. The fourth-order valence-electron chi connectivity index (χ4n) is 4.30. The van der Waals surface area contributed by atoms with E-state index in [0.29, 0.717) is 18.8 Å². The van der Waals surface area contributed by atoms with E-state index in [4.69, 9.17) is 0 Å². The van der Waals surface area contributed by atoms with Gasteiger partial charge in [-0.15, -0.1) is 10.2 Å². The Hall–Kier alpha value is -2.81. The third-order valence-electron chi connectivity index (χ3n) is 6.14. The second-order valence-corrected chi connectivity index (χ2v) is 9.64. The number of piperidine rings is 1. The Kier molecular flexibility index (Phi) is 7.14. The summed E-state index contributed by atoms with van der Waals surface area (Å²) < 4.78 is 0. The fraction of sp³-hybridized carbons (Fsp3) is 0.522. The Morgan fingerprint density at radius 1 is 0.969 bits per heavy atom. The van der Waals surface area contributed by atoms with E-state index in [1.54, 1.807) is 4.90 Å². The van der Waals surface area contributed by atoms with E-state index in [1.165, 1.54) is 6.42 Å². The van der Waals surface area contributed by atoms with Crippen molar-refractivity contribution in [3.05, 3.63) is 39.8 Å². The molecule has 2 aliphatic rings. The first kappa shape index (κ1) is 22.4. The molecule has 170 valence electrons. The van der Waals surface area contributed by atoms with Gasteiger partial charge in [0.2, 0.25) is 15.9 Å². The minimum Gasteiger partial charge on any atom is -0.353 e. The second-order valence-electron chi connectivity index (χ2n) is 8.67. The highest BCUT2D eigenvalue weighted by atomic mass is 32.1. The van der Waals surface area contributed by atoms with Gasteiger partial charge in [-0.05, 0) is 44.7 Å². The standard InChI is InChI=1S/C23H29N5O3S/c1-15-9-11-18(12-10-15)25-20(30)21-26-27-22(32-21)23(31)28-13-5-6-16(14-28)19(29)24-17-7-3-2-4-8-17/h9-12,16-17H,2-8,13-14H2,1H3,(H,24,29)(H,25,30)/t16-/m0/s1. The molecule has 1 aliphatic heterocycles. The predicted molar refractivity (Wildman–Crippen MR) is 123 cm³/mol. The third kappa shape index (κ3) is 5.51. The molecule has 2 heterocycles. The van der Waals surface area contributed by atoms with Gasteiger partial charge in [0, 0.05) is 24.8 Å². The summed E-state index contributed by atoms with van der Waals surface area (Å²) in [5, 5.41) is 14.1. The number of nitrogens with one attached hydrogen (secondary N) is 2. The summed E-state index contributed by atoms with van der Waals surface area (Å²) in [6.07, 6.45) is 7.20. The van der Waals surface area contributed by atoms with Crippen molar-refractivity contribution in [1.82, 2.24) is 20.4 Å². The molecule has 32 heavy (non-hydrogen) atoms. The number of carbonyl (C=O) groups excluding carboxylic acids is 3. The van der Waals surface area contributed by atoms with Gasteiger partial charge in [-0.2, -0.15) is 0 Å². The SMILES string of the molecule is Cc1ccc(NC(=O)c2nnc(C(=O)N3CCC[C@H](C(=O)NC4CCCCC4)C3)s2)cc1. The van der Waals surface area contributed by atoms with Gasteiger partial charge in [0.05, 0.1) is 5.92 Å². The maximum absolute atomic E-state index is 13.0. The van der Waals surface area contributed by atoms with Crippen LogP contribution in [0.1, 0.15) is 70.1 Å². The quantitative estimate of drug-likeness (QED) is 0.719. The molecule has 4 rings (SSSR count). The lowest BCUT2D eigenvalue weighted by Crippen LogP contribution is -2.47. The Balaban J connectivity index is 1.34. The third-order valence-corrected chi connectivity index (χ3v) is 7.05. The molecule has 2 N–H and O–H groups in total. The zero-order chi connectivity index (χ0) is 22.5. The number of rotatable bonds is 5. The number of benzene rings is 1. The van der Waals surface area contributed by atoms with Gasteiger partial charge >= 0.3 is 0 Å². The van der Waals surface area contributed by atoms with Crippen molar-refractivity contribution >= 4 is 34.7 Å². The lowest BCUT2D eigenvalue weighted by Gasteiger charge is -2.33. The Morgan fingerprint density at radius 2 is 1.69 bits per heavy atom. The summed E-state index contributed by atoms with van der Waals surface area (Å²) in [6, 6.07) is 7.70. The van der Waals surface area contributed by atoms with Gasteiger partial charge in [-0.3, -0.25) is 14.4 Å². The number of aryl methyl sites for hydroxylation is 1. The Morgan fingerprint density at radius 3 is 2.44 bits per heavy atom. The van der Waals surface area contributed by atoms with Crippen molar-refractivity contribution < 1.29 is 14.4 Å². The van der Waals surface area contributed by atoms with Crippen LogP contribution in [0.2, 0.25) is 0 Å². The number of hydrogen-bond donors (Lipinski definition) is 2. The van der Waals surface area contributed by atoms with Gasteiger partial charge in [-0.1, -0.05) is 48.3 Å². The van der Waals surface area contributed by atoms with Crippen LogP contribution >= 0.6 is 11.3 Å². The maximum Gasteiger partial charge on any atom is 0.286 e. The number of nitrogens with zero attached hydrogens (tertiary/aromatic N) is 3. The van der Waals surface area contributed by atoms with Crippen molar-refractivity contribution in [2.45, 2.75) is 57.9 Å². The number of likely N-dealkylation sites (tertiary alicyclic amines) is 1. The highest BCUT2D eigenvalue weighted by molar-refractivity contribution is 7.15. The average molecular weight is 456 g/mol. The molecule has 1 saturated carbocycles. The van der Waals surface area contributed by atoms with Gasteiger partial charge in [0.25, 0.3) is 11.8 Å². The molecule has 1 saturated heterocycles. The molecule has 0 unspecified atom stereocenters. The summed E-state index contributed by atoms with van der Waals surface area (Å²) in [5.41, 5.74) is 1.76. The lowest BCUT2D eigenvalue weighted by molar-refractivity contribution is -0.127. The largest absolute Gasteiger partial charge is 0.353 e. The summed E-state index contributed by atoms with van der Waals surface area (Å²) >= 11 is 0.977. The van der Waals surface area contributed by atoms with Crippen LogP contribution < -0.4 is 10.6 Å². The van der Waals surface area contributed by atoms with Crippen LogP contribution in [-0.4, -0.2) is 52.0 Å². The number of anilines is 1. The molecule has 1 aromatic carbocycles. The summed E-state index contributed by atoms with van der Waals surface area (Å²) in [5.74, 6) is -0.822. The molecule has 8 nitrogen and oxygen atoms in total. The van der Waals surface area contributed by atoms with Crippen LogP contribution in [0.5, 0.6) is 0 Å². The van der Waals surface area contributed by atoms with E-state index in [9.17, 15) is 14.4 Å². The first-order chi connectivity index (χ1) is 15.5. The van der Waals surface area contributed by atoms with E-state index >= 15 is 0 Å². The molecular weight excluding hydrogens is 426 g/mol. The maximum atomic E-state index is 13.0.